The molecule has 0 aliphatic rings. The predicted octanol–water partition coefficient (Wildman–Crippen LogP) is 7.11. The SMILES string of the molecule is CC(=O)CO/N=C(\C)C(C)=O.CC(=O)O/N=C(\C)C(=O)c1ccc(N(c2ccc(C(=O)/C(C)=N/OC(C)=O)cc2)c2cccc3ccccc23)cc1. The Bertz CT molecular complexity index is 1970. The van der Waals surface area contributed by atoms with Gasteiger partial charge in [-0.05, 0) is 87.7 Å². The molecule has 268 valence electrons. The van der Waals surface area contributed by atoms with E-state index in [-0.39, 0.29) is 46.9 Å². The molecule has 0 heterocycles. The summed E-state index contributed by atoms with van der Waals surface area (Å²) in [5.74, 6) is -2.25. The van der Waals surface area contributed by atoms with Crippen molar-refractivity contribution >= 4 is 80.0 Å². The van der Waals surface area contributed by atoms with Crippen molar-refractivity contribution in [1.29, 1.82) is 0 Å². The fourth-order valence-electron chi connectivity index (χ4n) is 4.40. The molecule has 0 amide bonds. The van der Waals surface area contributed by atoms with Crippen LogP contribution >= 0.6 is 0 Å². The van der Waals surface area contributed by atoms with Crippen molar-refractivity contribution in [2.45, 2.75) is 48.5 Å². The van der Waals surface area contributed by atoms with Gasteiger partial charge in [-0.25, -0.2) is 9.59 Å². The topological polar surface area (TPSA) is 170 Å². The van der Waals surface area contributed by atoms with Gasteiger partial charge in [0.25, 0.3) is 0 Å². The molecule has 0 spiro atoms. The molecule has 4 aromatic rings. The Hall–Kier alpha value is -6.63. The lowest BCUT2D eigenvalue weighted by Gasteiger charge is -2.27. The van der Waals surface area contributed by atoms with Crippen LogP contribution in [0.3, 0.4) is 0 Å². The predicted molar refractivity (Wildman–Crippen MR) is 197 cm³/mol. The Labute approximate surface area is 300 Å². The van der Waals surface area contributed by atoms with Crippen LogP contribution in [0.25, 0.3) is 10.8 Å². The van der Waals surface area contributed by atoms with Crippen molar-refractivity contribution < 1.29 is 43.3 Å². The third-order valence-electron chi connectivity index (χ3n) is 7.04. The van der Waals surface area contributed by atoms with Crippen molar-refractivity contribution in [3.8, 4) is 0 Å². The van der Waals surface area contributed by atoms with Crippen LogP contribution in [0.15, 0.2) is 106 Å². The summed E-state index contributed by atoms with van der Waals surface area (Å²) in [5, 5.41) is 12.6. The highest BCUT2D eigenvalue weighted by atomic mass is 16.7. The fourth-order valence-corrected chi connectivity index (χ4v) is 4.40. The van der Waals surface area contributed by atoms with Gasteiger partial charge in [0.05, 0.1) is 5.69 Å². The molecular formula is C39H38N4O9. The molecule has 4 rings (SSSR count). The second-order valence-electron chi connectivity index (χ2n) is 11.3. The summed E-state index contributed by atoms with van der Waals surface area (Å²) < 4.78 is 0. The van der Waals surface area contributed by atoms with E-state index in [9.17, 15) is 28.8 Å². The molecule has 0 radical (unpaired) electrons. The van der Waals surface area contributed by atoms with Crippen LogP contribution in [0.2, 0.25) is 0 Å². The maximum atomic E-state index is 12.8. The first-order valence-electron chi connectivity index (χ1n) is 15.9. The fraction of sp³-hybridized carbons (Fsp3) is 0.205. The maximum absolute atomic E-state index is 12.8. The van der Waals surface area contributed by atoms with E-state index >= 15 is 0 Å². The van der Waals surface area contributed by atoms with Crippen molar-refractivity contribution in [1.82, 2.24) is 0 Å². The number of oxime groups is 3. The quantitative estimate of drug-likeness (QED) is 0.0604. The minimum absolute atomic E-state index is 0.0478. The highest BCUT2D eigenvalue weighted by molar-refractivity contribution is 6.45. The van der Waals surface area contributed by atoms with Crippen molar-refractivity contribution in [2.75, 3.05) is 11.5 Å². The van der Waals surface area contributed by atoms with Crippen molar-refractivity contribution in [2.24, 2.45) is 15.5 Å². The van der Waals surface area contributed by atoms with E-state index in [0.717, 1.165) is 27.8 Å². The summed E-state index contributed by atoms with van der Waals surface area (Å²) in [6.45, 7) is 9.59. The monoisotopic (exact) mass is 706 g/mol. The smallest absolute Gasteiger partial charge is 0.331 e. The molecule has 13 heteroatoms. The molecule has 0 aliphatic carbocycles. The summed E-state index contributed by atoms with van der Waals surface area (Å²) in [6, 6.07) is 27.9. The summed E-state index contributed by atoms with van der Waals surface area (Å²) >= 11 is 0. The molecule has 0 atom stereocenters. The zero-order valence-electron chi connectivity index (χ0n) is 29.8. The average molecular weight is 707 g/mol. The van der Waals surface area contributed by atoms with Gasteiger partial charge in [-0.2, -0.15) is 0 Å². The van der Waals surface area contributed by atoms with Gasteiger partial charge in [0.1, 0.15) is 17.1 Å². The molecule has 0 saturated carbocycles. The number of benzene rings is 4. The molecule has 0 unspecified atom stereocenters. The number of hydrogen-bond acceptors (Lipinski definition) is 13. The molecule has 0 aromatic heterocycles. The Balaban J connectivity index is 0.000000573. The lowest BCUT2D eigenvalue weighted by Crippen LogP contribution is -2.14. The number of carbonyl (C=O) groups is 6. The number of Topliss-reactive ketones (excluding diaryl/α,β-unsaturated/α-hetero) is 4. The molecule has 13 nitrogen and oxygen atoms in total. The Morgan fingerprint density at radius 2 is 1.00 bits per heavy atom. The van der Waals surface area contributed by atoms with Crippen molar-refractivity contribution in [3.63, 3.8) is 0 Å². The van der Waals surface area contributed by atoms with Gasteiger partial charge in [-0.1, -0.05) is 51.9 Å². The molecule has 0 bridgehead atoms. The summed E-state index contributed by atoms with van der Waals surface area (Å²) in [4.78, 5) is 84.3. The van der Waals surface area contributed by atoms with Gasteiger partial charge < -0.3 is 19.4 Å². The van der Waals surface area contributed by atoms with Crippen LogP contribution in [0.5, 0.6) is 0 Å². The molecule has 52 heavy (non-hydrogen) atoms. The molecule has 0 fully saturated rings. The summed E-state index contributed by atoms with van der Waals surface area (Å²) in [7, 11) is 0. The summed E-state index contributed by atoms with van der Waals surface area (Å²) in [5.41, 5.74) is 3.54. The highest BCUT2D eigenvalue weighted by Crippen LogP contribution is 2.39. The molecule has 0 N–H and O–H groups in total. The molecule has 0 saturated heterocycles. The Kier molecular flexibility index (Phi) is 14.5. The number of anilines is 3. The van der Waals surface area contributed by atoms with E-state index in [1.807, 2.05) is 71.6 Å². The average Bonchev–Trinajstić information content (AvgIpc) is 3.13. The standard InChI is InChI=1S/C32H27N3O6.C7H11NO3/c1-20(33-40-22(3)36)31(38)25-12-16-27(17-13-25)35(30-11-7-9-24-8-5-6-10-29(24)30)28-18-14-26(15-19-28)32(39)21(2)34-41-23(4)37;1-5(9)4-11-8-6(2)7(3)10/h5-19H,1-4H3;4H2,1-3H3/b33-20+,34-21+;8-6+. The molecule has 0 aliphatic heterocycles. The number of nitrogens with zero attached hydrogens (tertiary/aromatic N) is 4. The lowest BCUT2D eigenvalue weighted by atomic mass is 10.0. The van der Waals surface area contributed by atoms with Gasteiger partial charge in [0.15, 0.2) is 18.2 Å². The second kappa shape index (κ2) is 18.9. The number of rotatable bonds is 13. The first-order valence-corrected chi connectivity index (χ1v) is 15.9. The number of hydrogen-bond donors (Lipinski definition) is 0. The number of carbonyl (C=O) groups excluding carboxylic acids is 6. The van der Waals surface area contributed by atoms with Gasteiger partial charge >= 0.3 is 11.9 Å². The van der Waals surface area contributed by atoms with Crippen LogP contribution in [0.1, 0.15) is 69.2 Å². The van der Waals surface area contributed by atoms with E-state index in [1.165, 1.54) is 48.5 Å². The second-order valence-corrected chi connectivity index (χ2v) is 11.3. The van der Waals surface area contributed by atoms with Crippen LogP contribution < -0.4 is 4.90 Å². The van der Waals surface area contributed by atoms with E-state index < -0.39 is 11.9 Å². The van der Waals surface area contributed by atoms with E-state index in [1.54, 1.807) is 24.3 Å². The van der Waals surface area contributed by atoms with E-state index in [4.69, 9.17) is 0 Å². The summed E-state index contributed by atoms with van der Waals surface area (Å²) in [6.07, 6.45) is 0. The number of ketones is 4. The Morgan fingerprint density at radius 3 is 1.44 bits per heavy atom. The van der Waals surface area contributed by atoms with Crippen LogP contribution in [-0.4, -0.2) is 58.8 Å². The van der Waals surface area contributed by atoms with Crippen LogP contribution in [0.4, 0.5) is 17.1 Å². The highest BCUT2D eigenvalue weighted by Gasteiger charge is 2.18. The van der Waals surface area contributed by atoms with Gasteiger partial charge in [0, 0.05) is 48.7 Å². The maximum Gasteiger partial charge on any atom is 0.331 e. The van der Waals surface area contributed by atoms with Crippen molar-refractivity contribution in [3.05, 3.63) is 102 Å². The molecular weight excluding hydrogens is 668 g/mol. The van der Waals surface area contributed by atoms with E-state index in [2.05, 4.69) is 30.0 Å². The van der Waals surface area contributed by atoms with Gasteiger partial charge in [0.2, 0.25) is 11.6 Å². The number of fused-ring (bicyclic) bond motifs is 1. The minimum atomic E-state index is -0.613. The van der Waals surface area contributed by atoms with E-state index in [0.29, 0.717) is 11.1 Å². The van der Waals surface area contributed by atoms with Gasteiger partial charge in [-0.3, -0.25) is 19.2 Å². The normalized spacial score (nSPS) is 11.5. The van der Waals surface area contributed by atoms with Gasteiger partial charge in [-0.15, -0.1) is 0 Å². The zero-order valence-corrected chi connectivity index (χ0v) is 29.8. The third-order valence-corrected chi connectivity index (χ3v) is 7.04. The zero-order chi connectivity index (χ0) is 38.4. The first-order chi connectivity index (χ1) is 24.7. The lowest BCUT2D eigenvalue weighted by molar-refractivity contribution is -0.141. The minimum Gasteiger partial charge on any atom is -0.387 e. The third kappa shape index (κ3) is 11.5. The Morgan fingerprint density at radius 1 is 0.538 bits per heavy atom. The molecule has 4 aromatic carbocycles. The first kappa shape index (κ1) is 39.8. The van der Waals surface area contributed by atoms with Crippen LogP contribution in [0, 0.1) is 0 Å². The van der Waals surface area contributed by atoms with Crippen LogP contribution in [-0.2, 0) is 33.7 Å². The largest absolute Gasteiger partial charge is 0.387 e.